The Hall–Kier alpha value is -1.10. The maximum Gasteiger partial charge on any atom is 0.303 e. The predicted molar refractivity (Wildman–Crippen MR) is 64.9 cm³/mol. The highest BCUT2D eigenvalue weighted by molar-refractivity contribution is 5.76. The van der Waals surface area contributed by atoms with Gasteiger partial charge in [0.05, 0.1) is 6.10 Å². The number of carboxylic acid groups (broad SMARTS) is 1. The highest BCUT2D eigenvalue weighted by atomic mass is 16.4. The Labute approximate surface area is 107 Å². The number of fused-ring (bicyclic) bond motifs is 1. The van der Waals surface area contributed by atoms with Gasteiger partial charge >= 0.3 is 5.97 Å². The number of carbonyl (C=O) groups is 2. The molecule has 1 aliphatic carbocycles. The average Bonchev–Trinajstić information content (AvgIpc) is 2.87. The minimum atomic E-state index is -0.804. The zero-order chi connectivity index (χ0) is 13.1. The molecule has 1 saturated heterocycles. The van der Waals surface area contributed by atoms with E-state index >= 15 is 0 Å². The zero-order valence-corrected chi connectivity index (χ0v) is 10.5. The van der Waals surface area contributed by atoms with E-state index in [0.29, 0.717) is 31.7 Å². The maximum atomic E-state index is 11.9. The van der Waals surface area contributed by atoms with Crippen molar-refractivity contribution in [2.45, 2.75) is 44.6 Å². The van der Waals surface area contributed by atoms with E-state index in [1.165, 1.54) is 0 Å². The minimum Gasteiger partial charge on any atom is -0.481 e. The SMILES string of the molecule is O=C(O)CCCCC(=O)N1CC2CCC(O)C2C1. The lowest BCUT2D eigenvalue weighted by Gasteiger charge is -2.18. The first-order valence-corrected chi connectivity index (χ1v) is 6.75. The highest BCUT2D eigenvalue weighted by Crippen LogP contribution is 2.38. The Balaban J connectivity index is 1.70. The summed E-state index contributed by atoms with van der Waals surface area (Å²) < 4.78 is 0. The van der Waals surface area contributed by atoms with Gasteiger partial charge in [-0.05, 0) is 31.6 Å². The fourth-order valence-electron chi connectivity index (χ4n) is 3.15. The van der Waals surface area contributed by atoms with E-state index in [4.69, 9.17) is 5.11 Å². The van der Waals surface area contributed by atoms with Gasteiger partial charge < -0.3 is 15.1 Å². The lowest BCUT2D eigenvalue weighted by Crippen LogP contribution is -2.30. The number of nitrogens with zero attached hydrogens (tertiary/aromatic N) is 1. The van der Waals surface area contributed by atoms with Crippen molar-refractivity contribution in [1.82, 2.24) is 4.90 Å². The molecule has 1 aliphatic heterocycles. The monoisotopic (exact) mass is 255 g/mol. The smallest absolute Gasteiger partial charge is 0.303 e. The molecule has 2 aliphatic rings. The molecule has 0 radical (unpaired) electrons. The first-order valence-electron chi connectivity index (χ1n) is 6.75. The Morgan fingerprint density at radius 1 is 1.11 bits per heavy atom. The molecule has 0 bridgehead atoms. The quantitative estimate of drug-likeness (QED) is 0.714. The number of aliphatic hydroxyl groups is 1. The Kier molecular flexibility index (Phi) is 4.22. The molecular weight excluding hydrogens is 234 g/mol. The predicted octanol–water partition coefficient (Wildman–Crippen LogP) is 0.861. The highest BCUT2D eigenvalue weighted by Gasteiger charge is 2.42. The fourth-order valence-corrected chi connectivity index (χ4v) is 3.15. The van der Waals surface area contributed by atoms with Crippen molar-refractivity contribution < 1.29 is 19.8 Å². The van der Waals surface area contributed by atoms with Crippen molar-refractivity contribution >= 4 is 11.9 Å². The third-order valence-electron chi connectivity index (χ3n) is 4.20. The number of carbonyl (C=O) groups excluding carboxylic acids is 1. The van der Waals surface area contributed by atoms with Crippen LogP contribution in [0.3, 0.4) is 0 Å². The number of hydrogen-bond donors (Lipinski definition) is 2. The Morgan fingerprint density at radius 3 is 2.50 bits per heavy atom. The third kappa shape index (κ3) is 3.02. The lowest BCUT2D eigenvalue weighted by molar-refractivity contribution is -0.137. The molecule has 0 aromatic heterocycles. The molecule has 102 valence electrons. The fraction of sp³-hybridized carbons (Fsp3) is 0.846. The lowest BCUT2D eigenvalue weighted by atomic mass is 10.00. The average molecular weight is 255 g/mol. The van der Waals surface area contributed by atoms with Crippen molar-refractivity contribution in [3.05, 3.63) is 0 Å². The third-order valence-corrected chi connectivity index (χ3v) is 4.20. The summed E-state index contributed by atoms with van der Waals surface area (Å²) in [6.45, 7) is 1.46. The molecule has 5 nitrogen and oxygen atoms in total. The van der Waals surface area contributed by atoms with Gasteiger partial charge in [0.25, 0.3) is 0 Å². The van der Waals surface area contributed by atoms with E-state index in [9.17, 15) is 14.7 Å². The number of unbranched alkanes of at least 4 members (excludes halogenated alkanes) is 1. The first kappa shape index (κ1) is 13.3. The number of amides is 1. The second-order valence-electron chi connectivity index (χ2n) is 5.47. The zero-order valence-electron chi connectivity index (χ0n) is 10.5. The number of aliphatic hydroxyl groups excluding tert-OH is 1. The summed E-state index contributed by atoms with van der Waals surface area (Å²) in [5, 5.41) is 18.3. The minimum absolute atomic E-state index is 0.113. The second-order valence-corrected chi connectivity index (χ2v) is 5.47. The van der Waals surface area contributed by atoms with Crippen molar-refractivity contribution in [3.63, 3.8) is 0 Å². The molecule has 0 aromatic rings. The Morgan fingerprint density at radius 2 is 1.83 bits per heavy atom. The van der Waals surface area contributed by atoms with Crippen molar-refractivity contribution in [1.29, 1.82) is 0 Å². The molecule has 3 unspecified atom stereocenters. The summed E-state index contributed by atoms with van der Waals surface area (Å²) in [4.78, 5) is 24.1. The molecule has 1 amide bonds. The first-order chi connectivity index (χ1) is 8.58. The normalized spacial score (nSPS) is 30.5. The van der Waals surface area contributed by atoms with E-state index < -0.39 is 5.97 Å². The van der Waals surface area contributed by atoms with Crippen molar-refractivity contribution in [2.75, 3.05) is 13.1 Å². The summed E-state index contributed by atoms with van der Waals surface area (Å²) in [5.41, 5.74) is 0. The van der Waals surface area contributed by atoms with Crippen LogP contribution < -0.4 is 0 Å². The van der Waals surface area contributed by atoms with Crippen LogP contribution in [0.25, 0.3) is 0 Å². The van der Waals surface area contributed by atoms with Crippen LogP contribution in [0.4, 0.5) is 0 Å². The van der Waals surface area contributed by atoms with Crippen LogP contribution in [0.15, 0.2) is 0 Å². The number of likely N-dealkylation sites (tertiary alicyclic amines) is 1. The van der Waals surface area contributed by atoms with Crippen LogP contribution in [0, 0.1) is 11.8 Å². The number of rotatable bonds is 5. The van der Waals surface area contributed by atoms with Gasteiger partial charge in [-0.25, -0.2) is 0 Å². The molecule has 1 saturated carbocycles. The molecule has 3 atom stereocenters. The van der Waals surface area contributed by atoms with Crippen molar-refractivity contribution in [2.24, 2.45) is 11.8 Å². The van der Waals surface area contributed by atoms with E-state index in [1.807, 2.05) is 4.90 Å². The summed E-state index contributed by atoms with van der Waals surface area (Å²) in [5.74, 6) is 0.0548. The van der Waals surface area contributed by atoms with E-state index in [0.717, 1.165) is 19.4 Å². The van der Waals surface area contributed by atoms with Crippen molar-refractivity contribution in [3.8, 4) is 0 Å². The van der Waals surface area contributed by atoms with Gasteiger partial charge in [-0.3, -0.25) is 9.59 Å². The molecule has 2 fully saturated rings. The molecule has 1 heterocycles. The van der Waals surface area contributed by atoms with Crippen LogP contribution >= 0.6 is 0 Å². The van der Waals surface area contributed by atoms with Gasteiger partial charge in [0.15, 0.2) is 0 Å². The molecule has 5 heteroatoms. The second kappa shape index (κ2) is 5.69. The summed E-state index contributed by atoms with van der Waals surface area (Å²) in [6.07, 6.45) is 3.43. The maximum absolute atomic E-state index is 11.9. The number of aliphatic carboxylic acids is 1. The summed E-state index contributed by atoms with van der Waals surface area (Å²) in [7, 11) is 0. The summed E-state index contributed by atoms with van der Waals surface area (Å²) >= 11 is 0. The van der Waals surface area contributed by atoms with E-state index in [-0.39, 0.29) is 24.3 Å². The van der Waals surface area contributed by atoms with Gasteiger partial charge in [0.1, 0.15) is 0 Å². The largest absolute Gasteiger partial charge is 0.481 e. The Bertz CT molecular complexity index is 331. The van der Waals surface area contributed by atoms with Crippen LogP contribution in [-0.2, 0) is 9.59 Å². The van der Waals surface area contributed by atoms with Gasteiger partial charge in [-0.1, -0.05) is 0 Å². The van der Waals surface area contributed by atoms with E-state index in [2.05, 4.69) is 0 Å². The van der Waals surface area contributed by atoms with Crippen LogP contribution in [0.5, 0.6) is 0 Å². The number of carboxylic acids is 1. The van der Waals surface area contributed by atoms with Crippen LogP contribution in [-0.4, -0.2) is 46.2 Å². The molecule has 2 rings (SSSR count). The topological polar surface area (TPSA) is 77.8 Å². The molecular formula is C13H21NO4. The van der Waals surface area contributed by atoms with E-state index in [1.54, 1.807) is 0 Å². The van der Waals surface area contributed by atoms with Gasteiger partial charge in [-0.2, -0.15) is 0 Å². The molecule has 0 aromatic carbocycles. The summed E-state index contributed by atoms with van der Waals surface area (Å²) in [6, 6.07) is 0. The van der Waals surface area contributed by atoms with Crippen LogP contribution in [0.2, 0.25) is 0 Å². The standard InChI is InChI=1S/C13H21NO4/c15-11-6-5-9-7-14(8-10(9)11)12(16)3-1-2-4-13(17)18/h9-11,15H,1-8H2,(H,17,18). The van der Waals surface area contributed by atoms with Gasteiger partial charge in [0.2, 0.25) is 5.91 Å². The molecule has 18 heavy (non-hydrogen) atoms. The number of hydrogen-bond acceptors (Lipinski definition) is 3. The molecule has 2 N–H and O–H groups in total. The van der Waals surface area contributed by atoms with Gasteiger partial charge in [0, 0.05) is 31.8 Å². The van der Waals surface area contributed by atoms with Gasteiger partial charge in [-0.15, -0.1) is 0 Å². The molecule has 0 spiro atoms. The van der Waals surface area contributed by atoms with Crippen LogP contribution in [0.1, 0.15) is 38.5 Å².